The Balaban J connectivity index is 2.20. The van der Waals surface area contributed by atoms with Crippen molar-refractivity contribution in [3.05, 3.63) is 11.9 Å². The van der Waals surface area contributed by atoms with Gasteiger partial charge in [-0.05, 0) is 12.3 Å². The zero-order chi connectivity index (χ0) is 10.8. The Morgan fingerprint density at radius 1 is 1.60 bits per heavy atom. The third kappa shape index (κ3) is 2.08. The van der Waals surface area contributed by atoms with Crippen molar-refractivity contribution in [1.29, 1.82) is 0 Å². The van der Waals surface area contributed by atoms with E-state index >= 15 is 0 Å². The third-order valence-corrected chi connectivity index (χ3v) is 3.34. The molecule has 1 aliphatic carbocycles. The molecule has 0 radical (unpaired) electrons. The lowest BCUT2D eigenvalue weighted by Crippen LogP contribution is -2.23. The van der Waals surface area contributed by atoms with Gasteiger partial charge in [0.1, 0.15) is 5.78 Å². The fourth-order valence-electron chi connectivity index (χ4n) is 2.43. The fraction of sp³-hybridized carbons (Fsp3) is 0.727. The molecule has 1 heterocycles. The highest BCUT2D eigenvalue weighted by Crippen LogP contribution is 2.36. The lowest BCUT2D eigenvalue weighted by molar-refractivity contribution is -0.121. The van der Waals surface area contributed by atoms with Crippen LogP contribution in [0.4, 0.5) is 0 Å². The Morgan fingerprint density at radius 3 is 3.00 bits per heavy atom. The largest absolute Gasteiger partial charge is 0.300 e. The highest BCUT2D eigenvalue weighted by molar-refractivity contribution is 5.80. The Kier molecular flexibility index (Phi) is 2.84. The molecule has 0 bridgehead atoms. The van der Waals surface area contributed by atoms with E-state index in [0.717, 1.165) is 25.0 Å². The number of nitrogens with zero attached hydrogens (tertiary/aromatic N) is 3. The summed E-state index contributed by atoms with van der Waals surface area (Å²) in [6, 6.07) is 0. The fourth-order valence-corrected chi connectivity index (χ4v) is 2.43. The standard InChI is InChI=1S/C11H17N3O/c1-3-8-4-5-9(15)6-10(8)11-7-14(2)13-12-11/h7-8,10H,3-6H2,1-2H3. The van der Waals surface area contributed by atoms with E-state index in [1.54, 1.807) is 4.68 Å². The number of aromatic nitrogens is 3. The number of hydrogen-bond donors (Lipinski definition) is 0. The van der Waals surface area contributed by atoms with Gasteiger partial charge >= 0.3 is 0 Å². The van der Waals surface area contributed by atoms with Gasteiger partial charge in [-0.2, -0.15) is 0 Å². The first-order chi connectivity index (χ1) is 7.20. The number of carbonyl (C=O) groups is 1. The van der Waals surface area contributed by atoms with Gasteiger partial charge in [0.15, 0.2) is 0 Å². The van der Waals surface area contributed by atoms with Gasteiger partial charge in [0.2, 0.25) is 0 Å². The smallest absolute Gasteiger partial charge is 0.133 e. The molecule has 0 N–H and O–H groups in total. The van der Waals surface area contributed by atoms with Gasteiger partial charge < -0.3 is 0 Å². The van der Waals surface area contributed by atoms with E-state index in [-0.39, 0.29) is 0 Å². The van der Waals surface area contributed by atoms with Crippen LogP contribution in [0.5, 0.6) is 0 Å². The number of rotatable bonds is 2. The van der Waals surface area contributed by atoms with E-state index < -0.39 is 0 Å². The molecule has 1 saturated carbocycles. The number of ketones is 1. The molecule has 4 nitrogen and oxygen atoms in total. The van der Waals surface area contributed by atoms with Gasteiger partial charge in [0, 0.05) is 32.0 Å². The van der Waals surface area contributed by atoms with Crippen LogP contribution in [-0.2, 0) is 11.8 Å². The molecule has 2 atom stereocenters. The molecular weight excluding hydrogens is 190 g/mol. The quantitative estimate of drug-likeness (QED) is 0.741. The minimum Gasteiger partial charge on any atom is -0.300 e. The average molecular weight is 207 g/mol. The van der Waals surface area contributed by atoms with Crippen molar-refractivity contribution in [3.63, 3.8) is 0 Å². The summed E-state index contributed by atoms with van der Waals surface area (Å²) in [4.78, 5) is 11.5. The molecule has 15 heavy (non-hydrogen) atoms. The van der Waals surface area contributed by atoms with E-state index in [2.05, 4.69) is 17.2 Å². The number of aryl methyl sites for hydroxylation is 1. The van der Waals surface area contributed by atoms with Crippen LogP contribution in [0.25, 0.3) is 0 Å². The molecule has 1 aliphatic rings. The number of hydrogen-bond acceptors (Lipinski definition) is 3. The highest BCUT2D eigenvalue weighted by atomic mass is 16.1. The Hall–Kier alpha value is -1.19. The van der Waals surface area contributed by atoms with E-state index in [1.807, 2.05) is 13.2 Å². The molecule has 2 unspecified atom stereocenters. The van der Waals surface area contributed by atoms with Crippen LogP contribution in [0, 0.1) is 5.92 Å². The van der Waals surface area contributed by atoms with Crippen LogP contribution in [0.1, 0.15) is 44.2 Å². The molecule has 4 heteroatoms. The second kappa shape index (κ2) is 4.13. The summed E-state index contributed by atoms with van der Waals surface area (Å²) in [7, 11) is 1.86. The number of Topliss-reactive ketones (excluding diaryl/α,β-unsaturated/α-hetero) is 1. The highest BCUT2D eigenvalue weighted by Gasteiger charge is 2.30. The summed E-state index contributed by atoms with van der Waals surface area (Å²) in [6.45, 7) is 2.18. The lowest BCUT2D eigenvalue weighted by atomic mass is 9.76. The van der Waals surface area contributed by atoms with Crippen molar-refractivity contribution < 1.29 is 4.79 Å². The zero-order valence-corrected chi connectivity index (χ0v) is 9.31. The van der Waals surface area contributed by atoms with Gasteiger partial charge in [0.05, 0.1) is 5.69 Å². The number of carbonyl (C=O) groups excluding carboxylic acids is 1. The maximum Gasteiger partial charge on any atom is 0.133 e. The molecular formula is C11H17N3O. The van der Waals surface area contributed by atoms with Crippen LogP contribution in [0.2, 0.25) is 0 Å². The van der Waals surface area contributed by atoms with Crippen LogP contribution in [0.3, 0.4) is 0 Å². The summed E-state index contributed by atoms with van der Waals surface area (Å²) in [5.74, 6) is 1.26. The van der Waals surface area contributed by atoms with E-state index in [9.17, 15) is 4.79 Å². The SMILES string of the molecule is CCC1CCC(=O)CC1c1cn(C)nn1. The van der Waals surface area contributed by atoms with E-state index in [4.69, 9.17) is 0 Å². The van der Waals surface area contributed by atoms with Crippen molar-refractivity contribution in [2.75, 3.05) is 0 Å². The first kappa shape index (κ1) is 10.3. The minimum atomic E-state index is 0.296. The second-order valence-electron chi connectivity index (χ2n) is 4.37. The Labute approximate surface area is 89.7 Å². The van der Waals surface area contributed by atoms with E-state index in [0.29, 0.717) is 24.0 Å². The van der Waals surface area contributed by atoms with Crippen LogP contribution < -0.4 is 0 Å². The maximum absolute atomic E-state index is 11.5. The van der Waals surface area contributed by atoms with Crippen molar-refractivity contribution in [2.24, 2.45) is 13.0 Å². The third-order valence-electron chi connectivity index (χ3n) is 3.34. The van der Waals surface area contributed by atoms with E-state index in [1.165, 1.54) is 0 Å². The van der Waals surface area contributed by atoms with Gasteiger partial charge in [-0.3, -0.25) is 9.48 Å². The van der Waals surface area contributed by atoms with Crippen molar-refractivity contribution in [1.82, 2.24) is 15.0 Å². The molecule has 0 aliphatic heterocycles. The summed E-state index contributed by atoms with van der Waals surface area (Å²) >= 11 is 0. The molecule has 1 aromatic rings. The Morgan fingerprint density at radius 2 is 2.40 bits per heavy atom. The normalized spacial score (nSPS) is 26.9. The van der Waals surface area contributed by atoms with Gasteiger partial charge in [-0.1, -0.05) is 18.6 Å². The lowest BCUT2D eigenvalue weighted by Gasteiger charge is -2.28. The molecule has 1 fully saturated rings. The topological polar surface area (TPSA) is 47.8 Å². The monoisotopic (exact) mass is 207 g/mol. The van der Waals surface area contributed by atoms with Crippen molar-refractivity contribution >= 4 is 5.78 Å². The zero-order valence-electron chi connectivity index (χ0n) is 9.31. The minimum absolute atomic E-state index is 0.296. The predicted molar refractivity (Wildman–Crippen MR) is 56.4 cm³/mol. The van der Waals surface area contributed by atoms with Crippen molar-refractivity contribution in [3.8, 4) is 0 Å². The summed E-state index contributed by atoms with van der Waals surface area (Å²) in [5.41, 5.74) is 0.984. The summed E-state index contributed by atoms with van der Waals surface area (Å²) in [5, 5.41) is 8.07. The predicted octanol–water partition coefficient (Wildman–Crippen LogP) is 1.68. The van der Waals surface area contributed by atoms with Crippen molar-refractivity contribution in [2.45, 2.75) is 38.5 Å². The first-order valence-electron chi connectivity index (χ1n) is 5.58. The average Bonchev–Trinajstić information content (AvgIpc) is 2.65. The van der Waals surface area contributed by atoms with Crippen LogP contribution in [0.15, 0.2) is 6.20 Å². The first-order valence-corrected chi connectivity index (χ1v) is 5.58. The van der Waals surface area contributed by atoms with Gasteiger partial charge in [-0.15, -0.1) is 5.10 Å². The van der Waals surface area contributed by atoms with Gasteiger partial charge in [-0.25, -0.2) is 0 Å². The molecule has 1 aromatic heterocycles. The van der Waals surface area contributed by atoms with Crippen LogP contribution >= 0.6 is 0 Å². The molecule has 2 rings (SSSR count). The molecule has 0 spiro atoms. The van der Waals surface area contributed by atoms with Crippen LogP contribution in [-0.4, -0.2) is 20.8 Å². The maximum atomic E-state index is 11.5. The summed E-state index contributed by atoms with van der Waals surface area (Å²) < 4.78 is 1.71. The molecule has 0 amide bonds. The molecule has 82 valence electrons. The second-order valence-corrected chi connectivity index (χ2v) is 4.37. The molecule has 0 saturated heterocycles. The van der Waals surface area contributed by atoms with Gasteiger partial charge in [0.25, 0.3) is 0 Å². The Bertz CT molecular complexity index is 358. The molecule has 0 aromatic carbocycles. The summed E-state index contributed by atoms with van der Waals surface area (Å²) in [6.07, 6.45) is 5.46.